The number of fused-ring (bicyclic) bond motifs is 1. The quantitative estimate of drug-likeness (QED) is 0.253. The number of carbonyl (C=O) groups is 4. The number of thioether (sulfide) groups is 1. The Balaban J connectivity index is 1.71. The Labute approximate surface area is 156 Å². The molecule has 1 fully saturated rings. The van der Waals surface area contributed by atoms with Gasteiger partial charge in [0.25, 0.3) is 5.91 Å². The van der Waals surface area contributed by atoms with E-state index in [0.717, 1.165) is 9.78 Å². The molecule has 0 spiro atoms. The zero-order chi connectivity index (χ0) is 18.7. The first-order chi connectivity index (χ1) is 12.5. The summed E-state index contributed by atoms with van der Waals surface area (Å²) in [4.78, 5) is 48.4. The van der Waals surface area contributed by atoms with E-state index >= 15 is 0 Å². The van der Waals surface area contributed by atoms with Crippen LogP contribution in [0.3, 0.4) is 0 Å². The molecule has 136 valence electrons. The van der Waals surface area contributed by atoms with Crippen molar-refractivity contribution in [3.8, 4) is 0 Å². The molecule has 26 heavy (non-hydrogen) atoms. The Morgan fingerprint density at radius 3 is 2.92 bits per heavy atom. The summed E-state index contributed by atoms with van der Waals surface area (Å²) >= 11 is 2.78. The van der Waals surface area contributed by atoms with Crippen LogP contribution >= 0.6 is 23.1 Å². The molecule has 1 aromatic rings. The van der Waals surface area contributed by atoms with E-state index in [0.29, 0.717) is 12.0 Å². The number of β-lactam (4-membered cyclic amide) rings is 1. The second-order valence-electron chi connectivity index (χ2n) is 5.40. The van der Waals surface area contributed by atoms with Crippen LogP contribution in [0.25, 0.3) is 0 Å². The number of carboxylic acid groups (broad SMARTS) is 1. The van der Waals surface area contributed by atoms with Gasteiger partial charge in [0, 0.05) is 16.2 Å². The van der Waals surface area contributed by atoms with Crippen LogP contribution in [0, 0.1) is 0 Å². The van der Waals surface area contributed by atoms with Gasteiger partial charge in [0.05, 0.1) is 12.6 Å². The molecular formula is C15H14N4O5S2. The number of aliphatic carboxylic acids is 1. The molecule has 0 aromatic carbocycles. The van der Waals surface area contributed by atoms with Gasteiger partial charge in [-0.15, -0.1) is 23.1 Å². The average molecular weight is 394 g/mol. The molecule has 1 saturated heterocycles. The van der Waals surface area contributed by atoms with E-state index in [1.54, 1.807) is 0 Å². The molecule has 1 aromatic heterocycles. The summed E-state index contributed by atoms with van der Waals surface area (Å²) in [5.74, 6) is -1.74. The van der Waals surface area contributed by atoms with E-state index in [2.05, 4.69) is 15.8 Å². The van der Waals surface area contributed by atoms with E-state index in [4.69, 9.17) is 0 Å². The number of hydrazone groups is 1. The van der Waals surface area contributed by atoms with Crippen LogP contribution in [-0.2, 0) is 25.6 Å². The third-order valence-electron chi connectivity index (χ3n) is 3.78. The fourth-order valence-corrected chi connectivity index (χ4v) is 4.68. The molecule has 9 nitrogen and oxygen atoms in total. The summed E-state index contributed by atoms with van der Waals surface area (Å²) < 4.78 is 0. The third kappa shape index (κ3) is 3.48. The Hall–Kier alpha value is -2.66. The first kappa shape index (κ1) is 18.1. The van der Waals surface area contributed by atoms with Crippen molar-refractivity contribution in [2.75, 3.05) is 5.75 Å². The summed E-state index contributed by atoms with van der Waals surface area (Å²) in [5, 5.41) is 17.1. The first-order valence-corrected chi connectivity index (χ1v) is 9.41. The molecule has 3 N–H and O–H groups in total. The summed E-state index contributed by atoms with van der Waals surface area (Å²) in [6.45, 7) is 0. The van der Waals surface area contributed by atoms with Gasteiger partial charge in [-0.3, -0.25) is 19.3 Å². The van der Waals surface area contributed by atoms with Gasteiger partial charge in [-0.05, 0) is 11.4 Å². The summed E-state index contributed by atoms with van der Waals surface area (Å²) in [6.07, 6.45) is 1.73. The maximum atomic E-state index is 12.4. The molecule has 2 aliphatic rings. The smallest absolute Gasteiger partial charge is 0.353 e. The SMILES string of the molecule is O=CNN=CC1=C(C(=O)O)N2C(=O)C(NC(=O)Cc3cccs3)[C@H]2SC1. The molecule has 2 atom stereocenters. The van der Waals surface area contributed by atoms with Crippen molar-refractivity contribution in [3.05, 3.63) is 33.7 Å². The summed E-state index contributed by atoms with van der Waals surface area (Å²) in [7, 11) is 0. The number of rotatable bonds is 7. The van der Waals surface area contributed by atoms with Gasteiger partial charge in [-0.25, -0.2) is 10.2 Å². The number of carboxylic acids is 1. The topological polar surface area (TPSA) is 128 Å². The van der Waals surface area contributed by atoms with E-state index in [1.165, 1.54) is 29.3 Å². The lowest BCUT2D eigenvalue weighted by atomic mass is 10.0. The van der Waals surface area contributed by atoms with Crippen LogP contribution in [-0.4, -0.2) is 57.6 Å². The summed E-state index contributed by atoms with van der Waals surface area (Å²) in [6, 6.07) is 2.92. The molecule has 0 saturated carbocycles. The zero-order valence-corrected chi connectivity index (χ0v) is 14.9. The van der Waals surface area contributed by atoms with Gasteiger partial charge in [-0.1, -0.05) is 6.07 Å². The molecule has 0 radical (unpaired) electrons. The van der Waals surface area contributed by atoms with Gasteiger partial charge in [0.1, 0.15) is 17.1 Å². The number of amides is 3. The highest BCUT2D eigenvalue weighted by Gasteiger charge is 2.54. The molecule has 3 amide bonds. The third-order valence-corrected chi connectivity index (χ3v) is 5.96. The maximum absolute atomic E-state index is 12.4. The minimum atomic E-state index is -1.26. The maximum Gasteiger partial charge on any atom is 0.353 e. The number of nitrogens with zero attached hydrogens (tertiary/aromatic N) is 2. The van der Waals surface area contributed by atoms with E-state index in [1.807, 2.05) is 17.5 Å². The Morgan fingerprint density at radius 2 is 2.27 bits per heavy atom. The summed E-state index contributed by atoms with van der Waals surface area (Å²) in [5.41, 5.74) is 2.19. The molecule has 3 rings (SSSR count). The number of thiophene rings is 1. The minimum absolute atomic E-state index is 0.176. The normalized spacial score (nSPS) is 22.0. The highest BCUT2D eigenvalue weighted by molar-refractivity contribution is 8.00. The van der Waals surface area contributed by atoms with E-state index < -0.39 is 23.3 Å². The van der Waals surface area contributed by atoms with Crippen LogP contribution in [0.2, 0.25) is 0 Å². The molecule has 2 aliphatic heterocycles. The lowest BCUT2D eigenvalue weighted by molar-refractivity contribution is -0.150. The molecule has 0 aliphatic carbocycles. The number of nitrogens with one attached hydrogen (secondary N) is 2. The van der Waals surface area contributed by atoms with Crippen molar-refractivity contribution < 1.29 is 24.3 Å². The fourth-order valence-electron chi connectivity index (χ4n) is 2.68. The highest BCUT2D eigenvalue weighted by atomic mass is 32.2. The second kappa shape index (κ2) is 7.70. The molecule has 3 heterocycles. The highest BCUT2D eigenvalue weighted by Crippen LogP contribution is 2.39. The first-order valence-electron chi connectivity index (χ1n) is 7.48. The van der Waals surface area contributed by atoms with Gasteiger partial charge >= 0.3 is 5.97 Å². The lowest BCUT2D eigenvalue weighted by Gasteiger charge is -2.49. The van der Waals surface area contributed by atoms with Crippen molar-refractivity contribution in [1.82, 2.24) is 15.6 Å². The number of hydrogen-bond donors (Lipinski definition) is 3. The number of hydrogen-bond acceptors (Lipinski definition) is 7. The van der Waals surface area contributed by atoms with Crippen molar-refractivity contribution >= 4 is 53.5 Å². The standard InChI is InChI=1S/C15H14N4O5S2/c20-7-17-16-5-8-6-26-14-11(13(22)19(14)12(8)15(23)24)18-10(21)4-9-2-1-3-25-9/h1-3,5,7,11,14H,4,6H2,(H,17,20)(H,18,21)(H,23,24)/t11?,14-/m1/s1. The fraction of sp³-hybridized carbons (Fsp3) is 0.267. The van der Waals surface area contributed by atoms with Gasteiger partial charge in [0.2, 0.25) is 12.3 Å². The minimum Gasteiger partial charge on any atom is -0.477 e. The van der Waals surface area contributed by atoms with Crippen molar-refractivity contribution in [3.63, 3.8) is 0 Å². The Kier molecular flexibility index (Phi) is 5.38. The molecule has 1 unspecified atom stereocenters. The van der Waals surface area contributed by atoms with Gasteiger partial charge < -0.3 is 10.4 Å². The van der Waals surface area contributed by atoms with Gasteiger partial charge in [0.15, 0.2) is 0 Å². The number of carbonyl (C=O) groups excluding carboxylic acids is 3. The van der Waals surface area contributed by atoms with Crippen LogP contribution in [0.4, 0.5) is 0 Å². The lowest BCUT2D eigenvalue weighted by Crippen LogP contribution is -2.70. The van der Waals surface area contributed by atoms with Gasteiger partial charge in [-0.2, -0.15) is 5.10 Å². The van der Waals surface area contributed by atoms with E-state index in [9.17, 15) is 24.3 Å². The zero-order valence-electron chi connectivity index (χ0n) is 13.2. The van der Waals surface area contributed by atoms with Crippen LogP contribution < -0.4 is 10.7 Å². The van der Waals surface area contributed by atoms with Crippen LogP contribution in [0.1, 0.15) is 4.88 Å². The second-order valence-corrected chi connectivity index (χ2v) is 7.53. The van der Waals surface area contributed by atoms with Crippen molar-refractivity contribution in [2.24, 2.45) is 5.10 Å². The van der Waals surface area contributed by atoms with Crippen molar-refractivity contribution in [1.29, 1.82) is 0 Å². The monoisotopic (exact) mass is 394 g/mol. The largest absolute Gasteiger partial charge is 0.477 e. The molecule has 0 bridgehead atoms. The Bertz CT molecular complexity index is 805. The van der Waals surface area contributed by atoms with Crippen LogP contribution in [0.5, 0.6) is 0 Å². The van der Waals surface area contributed by atoms with E-state index in [-0.39, 0.29) is 23.8 Å². The average Bonchev–Trinajstić information content (AvgIpc) is 3.12. The molecule has 11 heteroatoms. The Morgan fingerprint density at radius 1 is 1.46 bits per heavy atom. The van der Waals surface area contributed by atoms with Crippen LogP contribution in [0.15, 0.2) is 33.9 Å². The van der Waals surface area contributed by atoms with Crippen molar-refractivity contribution in [2.45, 2.75) is 17.8 Å². The molecular weight excluding hydrogens is 380 g/mol. The predicted molar refractivity (Wildman–Crippen MR) is 95.4 cm³/mol. The predicted octanol–water partition coefficient (Wildman–Crippen LogP) is -0.239.